The van der Waals surface area contributed by atoms with Crippen LogP contribution in [0, 0.1) is 6.58 Å². The lowest BCUT2D eigenvalue weighted by Gasteiger charge is -2.09. The Balaban J connectivity index is 2.90. The normalized spacial score (nSPS) is 9.38. The van der Waals surface area contributed by atoms with Crippen LogP contribution in [-0.4, -0.2) is 19.9 Å². The van der Waals surface area contributed by atoms with Crippen LogP contribution in [0.25, 0.3) is 6.08 Å². The Bertz CT molecular complexity index is 385. The van der Waals surface area contributed by atoms with Gasteiger partial charge in [-0.25, -0.2) is 4.79 Å². The molecule has 0 saturated heterocycles. The maximum atomic E-state index is 11.1. The van der Waals surface area contributed by atoms with Crippen molar-refractivity contribution in [2.45, 2.75) is 6.92 Å². The summed E-state index contributed by atoms with van der Waals surface area (Å²) in [5.74, 6) is 0.721. The lowest BCUT2D eigenvalue weighted by atomic mass is 10.2. The van der Waals surface area contributed by atoms with Crippen LogP contribution in [0.1, 0.15) is 12.5 Å². The molecule has 1 rings (SSSR count). The summed E-state index contributed by atoms with van der Waals surface area (Å²) in [6.07, 6.45) is 0.632. The first kappa shape index (κ1) is 12.1. The van der Waals surface area contributed by atoms with E-state index in [-0.39, 0.29) is 12.4 Å². The first-order chi connectivity index (χ1) is 7.71. The van der Waals surface area contributed by atoms with Gasteiger partial charge in [0.15, 0.2) is 11.5 Å². The van der Waals surface area contributed by atoms with Crippen molar-refractivity contribution in [3.8, 4) is 11.5 Å². The highest BCUT2D eigenvalue weighted by Crippen LogP contribution is 2.28. The Kier molecular flexibility index (Phi) is 4.39. The van der Waals surface area contributed by atoms with Gasteiger partial charge in [-0.05, 0) is 24.6 Å². The van der Waals surface area contributed by atoms with Crippen molar-refractivity contribution < 1.29 is 19.0 Å². The second-order valence-corrected chi connectivity index (χ2v) is 2.86. The Morgan fingerprint density at radius 2 is 2.19 bits per heavy atom. The molecule has 1 radical (unpaired) electrons. The fourth-order valence-electron chi connectivity index (χ4n) is 1.11. The summed E-state index contributed by atoms with van der Waals surface area (Å²) in [6.45, 7) is 7.31. The molecule has 4 nitrogen and oxygen atoms in total. The summed E-state index contributed by atoms with van der Waals surface area (Å²) in [7, 11) is 1.49. The average Bonchev–Trinajstić information content (AvgIpc) is 2.29. The molecule has 0 fully saturated rings. The average molecular weight is 221 g/mol. The van der Waals surface area contributed by atoms with Crippen LogP contribution in [0.5, 0.6) is 11.5 Å². The molecule has 0 spiro atoms. The number of hydrogen-bond acceptors (Lipinski definition) is 4. The van der Waals surface area contributed by atoms with Crippen molar-refractivity contribution in [2.75, 3.05) is 13.7 Å². The second-order valence-electron chi connectivity index (χ2n) is 2.86. The summed E-state index contributed by atoms with van der Waals surface area (Å²) in [5.41, 5.74) is 0.722. The van der Waals surface area contributed by atoms with Crippen LogP contribution < -0.4 is 9.47 Å². The van der Waals surface area contributed by atoms with Crippen molar-refractivity contribution in [2.24, 2.45) is 0 Å². The van der Waals surface area contributed by atoms with E-state index in [9.17, 15) is 4.79 Å². The van der Waals surface area contributed by atoms with Crippen LogP contribution in [0.4, 0.5) is 4.79 Å². The number of rotatable bonds is 4. The number of benzene rings is 1. The Morgan fingerprint density at radius 3 is 2.75 bits per heavy atom. The molecular weight excluding hydrogens is 208 g/mol. The molecule has 0 aromatic heterocycles. The molecule has 4 heteroatoms. The largest absolute Gasteiger partial charge is 0.513 e. The monoisotopic (exact) mass is 221 g/mol. The molecular formula is C12H13O4. The van der Waals surface area contributed by atoms with Gasteiger partial charge in [0.1, 0.15) is 0 Å². The van der Waals surface area contributed by atoms with E-state index >= 15 is 0 Å². The zero-order valence-electron chi connectivity index (χ0n) is 9.23. The van der Waals surface area contributed by atoms with Crippen molar-refractivity contribution in [1.29, 1.82) is 0 Å². The first-order valence-electron chi connectivity index (χ1n) is 4.78. The first-order valence-corrected chi connectivity index (χ1v) is 4.78. The highest BCUT2D eigenvalue weighted by Gasteiger charge is 2.10. The summed E-state index contributed by atoms with van der Waals surface area (Å²) in [6, 6.07) is 5.00. The minimum absolute atomic E-state index is 0.254. The third kappa shape index (κ3) is 3.02. The number of hydrogen-bond donors (Lipinski definition) is 0. The molecule has 0 heterocycles. The standard InChI is InChI=1S/C12H13O4/c1-4-9-6-7-10(14-3)11(8-9)16-12(13)15-5-2/h1,4,6-8H,5H2,2-3H3. The van der Waals surface area contributed by atoms with Gasteiger partial charge in [0, 0.05) is 0 Å². The molecule has 85 valence electrons. The van der Waals surface area contributed by atoms with Gasteiger partial charge in [-0.2, -0.15) is 0 Å². The number of carbonyl (C=O) groups is 1. The summed E-state index contributed by atoms with van der Waals surface area (Å²) >= 11 is 0. The number of methoxy groups -OCH3 is 1. The van der Waals surface area contributed by atoms with E-state index in [1.54, 1.807) is 25.1 Å². The topological polar surface area (TPSA) is 44.8 Å². The molecule has 0 unspecified atom stereocenters. The molecule has 1 aromatic carbocycles. The van der Waals surface area contributed by atoms with Gasteiger partial charge >= 0.3 is 6.16 Å². The molecule has 0 bridgehead atoms. The van der Waals surface area contributed by atoms with Crippen molar-refractivity contribution in [3.63, 3.8) is 0 Å². The summed E-state index contributed by atoms with van der Waals surface area (Å²) in [5, 5.41) is 0. The highest BCUT2D eigenvalue weighted by molar-refractivity contribution is 5.66. The van der Waals surface area contributed by atoms with E-state index in [1.807, 2.05) is 0 Å². The number of ether oxygens (including phenoxy) is 3. The van der Waals surface area contributed by atoms with Gasteiger partial charge in [-0.3, -0.25) is 0 Å². The lowest BCUT2D eigenvalue weighted by Crippen LogP contribution is -2.10. The maximum Gasteiger partial charge on any atom is 0.513 e. The van der Waals surface area contributed by atoms with Gasteiger partial charge < -0.3 is 14.2 Å². The molecule has 0 aliphatic heterocycles. The van der Waals surface area contributed by atoms with Gasteiger partial charge in [-0.15, -0.1) is 0 Å². The Labute approximate surface area is 94.4 Å². The third-order valence-electron chi connectivity index (χ3n) is 1.84. The van der Waals surface area contributed by atoms with Gasteiger partial charge in [0.25, 0.3) is 0 Å². The predicted octanol–water partition coefficient (Wildman–Crippen LogP) is 2.68. The van der Waals surface area contributed by atoms with E-state index in [4.69, 9.17) is 16.1 Å². The molecule has 0 aliphatic rings. The third-order valence-corrected chi connectivity index (χ3v) is 1.84. The van der Waals surface area contributed by atoms with E-state index in [2.05, 4.69) is 4.74 Å². The van der Waals surface area contributed by atoms with E-state index < -0.39 is 6.16 Å². The van der Waals surface area contributed by atoms with Crippen LogP contribution >= 0.6 is 0 Å². The Morgan fingerprint density at radius 1 is 1.44 bits per heavy atom. The maximum absolute atomic E-state index is 11.1. The zero-order valence-corrected chi connectivity index (χ0v) is 9.23. The molecule has 0 saturated carbocycles. The number of carbonyl (C=O) groups excluding carboxylic acids is 1. The Hall–Kier alpha value is -1.97. The molecule has 0 amide bonds. The smallest absolute Gasteiger partial charge is 0.493 e. The second kappa shape index (κ2) is 5.80. The molecule has 0 aliphatic carbocycles. The lowest BCUT2D eigenvalue weighted by molar-refractivity contribution is 0.103. The van der Waals surface area contributed by atoms with E-state index in [1.165, 1.54) is 13.2 Å². The summed E-state index contributed by atoms with van der Waals surface area (Å²) in [4.78, 5) is 11.1. The van der Waals surface area contributed by atoms with Gasteiger partial charge in [0.05, 0.1) is 13.7 Å². The van der Waals surface area contributed by atoms with E-state index in [0.29, 0.717) is 5.75 Å². The van der Waals surface area contributed by atoms with Gasteiger partial charge in [-0.1, -0.05) is 18.7 Å². The molecule has 16 heavy (non-hydrogen) atoms. The van der Waals surface area contributed by atoms with E-state index in [0.717, 1.165) is 5.56 Å². The van der Waals surface area contributed by atoms with Crippen LogP contribution in [0.3, 0.4) is 0 Å². The minimum Gasteiger partial charge on any atom is -0.493 e. The molecule has 0 N–H and O–H groups in total. The van der Waals surface area contributed by atoms with Crippen molar-refractivity contribution >= 4 is 12.2 Å². The molecule has 1 aromatic rings. The highest BCUT2D eigenvalue weighted by atomic mass is 16.7. The fourth-order valence-corrected chi connectivity index (χ4v) is 1.11. The zero-order chi connectivity index (χ0) is 12.0. The molecule has 0 atom stereocenters. The van der Waals surface area contributed by atoms with Crippen LogP contribution in [-0.2, 0) is 4.74 Å². The van der Waals surface area contributed by atoms with Crippen LogP contribution in [0.15, 0.2) is 18.2 Å². The summed E-state index contributed by atoms with van der Waals surface area (Å²) < 4.78 is 14.7. The predicted molar refractivity (Wildman–Crippen MR) is 59.4 cm³/mol. The minimum atomic E-state index is -0.769. The van der Waals surface area contributed by atoms with Crippen molar-refractivity contribution in [1.82, 2.24) is 0 Å². The van der Waals surface area contributed by atoms with Crippen LogP contribution in [0.2, 0.25) is 0 Å². The SMILES string of the molecule is [CH]=Cc1ccc(OC)c(OC(=O)OCC)c1. The fraction of sp³-hybridized carbons (Fsp3) is 0.250. The van der Waals surface area contributed by atoms with Gasteiger partial charge in [0.2, 0.25) is 0 Å². The quantitative estimate of drug-likeness (QED) is 0.579. The van der Waals surface area contributed by atoms with Crippen molar-refractivity contribution in [3.05, 3.63) is 30.3 Å².